The van der Waals surface area contributed by atoms with Gasteiger partial charge in [-0.1, -0.05) is 0 Å². The summed E-state index contributed by atoms with van der Waals surface area (Å²) in [6.07, 6.45) is 2.79. The topological polar surface area (TPSA) is 6.48 Å². The van der Waals surface area contributed by atoms with Crippen molar-refractivity contribution in [2.24, 2.45) is 5.92 Å². The summed E-state index contributed by atoms with van der Waals surface area (Å²) >= 11 is 0. The third kappa shape index (κ3) is 1.96. The van der Waals surface area contributed by atoms with Crippen molar-refractivity contribution in [2.75, 3.05) is 26.2 Å². The molecule has 0 unspecified atom stereocenters. The van der Waals surface area contributed by atoms with E-state index in [4.69, 9.17) is 0 Å². The lowest BCUT2D eigenvalue weighted by molar-refractivity contribution is -0.0630. The zero-order valence-corrected chi connectivity index (χ0v) is 7.67. The maximum atomic E-state index is 12.9. The van der Waals surface area contributed by atoms with Gasteiger partial charge in [0, 0.05) is 26.2 Å². The largest absolute Gasteiger partial charge is 0.300 e. The van der Waals surface area contributed by atoms with Crippen molar-refractivity contribution < 1.29 is 4.48 Å². The summed E-state index contributed by atoms with van der Waals surface area (Å²) in [6, 6.07) is 0.0949. The van der Waals surface area contributed by atoms with Crippen molar-refractivity contribution in [3.63, 3.8) is 0 Å². The zero-order valence-electron chi connectivity index (χ0n) is 7.67. The van der Waals surface area contributed by atoms with Gasteiger partial charge in [-0.15, -0.1) is 9.60 Å². The summed E-state index contributed by atoms with van der Waals surface area (Å²) in [5.41, 5.74) is 0. The average molecular weight is 172 g/mol. The molecule has 1 heterocycles. The Morgan fingerprint density at radius 2 is 2.08 bits per heavy atom. The van der Waals surface area contributed by atoms with Crippen LogP contribution in [-0.2, 0) is 0 Å². The van der Waals surface area contributed by atoms with Crippen LogP contribution >= 0.6 is 0 Å². The first-order valence-electron chi connectivity index (χ1n) is 4.90. The van der Waals surface area contributed by atoms with Gasteiger partial charge in [-0.3, -0.25) is 0 Å². The van der Waals surface area contributed by atoms with E-state index in [-0.39, 0.29) is 6.04 Å². The fourth-order valence-corrected chi connectivity index (χ4v) is 1.84. The third-order valence-electron chi connectivity index (χ3n) is 2.84. The zero-order chi connectivity index (χ0) is 8.55. The van der Waals surface area contributed by atoms with E-state index in [1.54, 1.807) is 0 Å². The number of piperazine rings is 1. The molecule has 3 heteroatoms. The van der Waals surface area contributed by atoms with E-state index in [1.807, 2.05) is 6.92 Å². The van der Waals surface area contributed by atoms with Gasteiger partial charge in [-0.05, 0) is 25.7 Å². The van der Waals surface area contributed by atoms with Gasteiger partial charge in [0.15, 0.2) is 0 Å². The van der Waals surface area contributed by atoms with Gasteiger partial charge in [0.25, 0.3) is 0 Å². The quantitative estimate of drug-likeness (QED) is 0.579. The number of halogens is 1. The molecule has 12 heavy (non-hydrogen) atoms. The Balaban J connectivity index is 1.76. The van der Waals surface area contributed by atoms with Crippen molar-refractivity contribution >= 4 is 0 Å². The molecule has 2 aliphatic rings. The van der Waals surface area contributed by atoms with Crippen LogP contribution in [0.15, 0.2) is 0 Å². The van der Waals surface area contributed by atoms with Crippen molar-refractivity contribution in [2.45, 2.75) is 25.8 Å². The Morgan fingerprint density at radius 1 is 1.33 bits per heavy atom. The highest BCUT2D eigenvalue weighted by molar-refractivity contribution is 4.81. The van der Waals surface area contributed by atoms with Crippen LogP contribution in [0.1, 0.15) is 19.8 Å². The van der Waals surface area contributed by atoms with Gasteiger partial charge in [-0.2, -0.15) is 0 Å². The first-order valence-corrected chi connectivity index (χ1v) is 4.90. The Labute approximate surface area is 73.3 Å². The summed E-state index contributed by atoms with van der Waals surface area (Å²) in [5.74, 6) is 0.934. The molecule has 0 amide bonds. The van der Waals surface area contributed by atoms with Crippen LogP contribution in [0, 0.1) is 5.92 Å². The van der Waals surface area contributed by atoms with Gasteiger partial charge >= 0.3 is 0 Å². The molecule has 0 radical (unpaired) electrons. The monoisotopic (exact) mass is 172 g/mol. The van der Waals surface area contributed by atoms with E-state index in [2.05, 4.69) is 4.90 Å². The lowest BCUT2D eigenvalue weighted by Gasteiger charge is -2.34. The summed E-state index contributed by atoms with van der Waals surface area (Å²) in [7, 11) is 0. The van der Waals surface area contributed by atoms with Crippen LogP contribution in [0.4, 0.5) is 4.48 Å². The Kier molecular flexibility index (Phi) is 2.33. The second kappa shape index (κ2) is 3.30. The fourth-order valence-electron chi connectivity index (χ4n) is 1.84. The van der Waals surface area contributed by atoms with Gasteiger partial charge in [0.2, 0.25) is 0 Å². The molecule has 0 bridgehead atoms. The average Bonchev–Trinajstić information content (AvgIpc) is 2.81. The van der Waals surface area contributed by atoms with Crippen LogP contribution in [0.25, 0.3) is 0 Å². The number of hydrogen-bond donors (Lipinski definition) is 0. The predicted octanol–water partition coefficient (Wildman–Crippen LogP) is 1.29. The second-order valence-electron chi connectivity index (χ2n) is 4.18. The van der Waals surface area contributed by atoms with Crippen LogP contribution in [0.5, 0.6) is 0 Å². The molecular formula is C9H17FN2. The number of hydrogen-bond acceptors (Lipinski definition) is 2. The van der Waals surface area contributed by atoms with Gasteiger partial charge in [0.1, 0.15) is 0 Å². The minimum Gasteiger partial charge on any atom is -0.300 e. The molecule has 2 nitrogen and oxygen atoms in total. The summed E-state index contributed by atoms with van der Waals surface area (Å²) < 4.78 is 12.9. The number of nitrogens with zero attached hydrogens (tertiary/aromatic N) is 2. The molecule has 1 aliphatic heterocycles. The highest BCUT2D eigenvalue weighted by atomic mass is 19.2. The predicted molar refractivity (Wildman–Crippen MR) is 46.4 cm³/mol. The van der Waals surface area contributed by atoms with E-state index in [1.165, 1.54) is 19.4 Å². The lowest BCUT2D eigenvalue weighted by atomic mass is 10.2. The highest BCUT2D eigenvalue weighted by Crippen LogP contribution is 2.30. The molecule has 1 saturated carbocycles. The van der Waals surface area contributed by atoms with Gasteiger partial charge in [0.05, 0.1) is 6.04 Å². The van der Waals surface area contributed by atoms with Crippen molar-refractivity contribution in [3.8, 4) is 0 Å². The molecule has 70 valence electrons. The maximum absolute atomic E-state index is 12.9. The standard InChI is InChI=1S/C9H17FN2/c1-8-6-11(4-5-12(8)10)7-9-2-3-9/h8-9H,2-7H2,1H3/t8-/m0/s1. The third-order valence-corrected chi connectivity index (χ3v) is 2.84. The van der Waals surface area contributed by atoms with Crippen molar-refractivity contribution in [1.82, 2.24) is 10.0 Å². The summed E-state index contributed by atoms with van der Waals surface area (Å²) in [5, 5.41) is 0.962. The normalized spacial score (nSPS) is 34.0. The molecule has 2 rings (SSSR count). The first kappa shape index (κ1) is 8.45. The second-order valence-corrected chi connectivity index (χ2v) is 4.18. The molecule has 1 saturated heterocycles. The van der Waals surface area contributed by atoms with Crippen molar-refractivity contribution in [3.05, 3.63) is 0 Å². The molecule has 1 atom stereocenters. The molecule has 0 spiro atoms. The minimum atomic E-state index is 0.0949. The van der Waals surface area contributed by atoms with Gasteiger partial charge < -0.3 is 4.90 Å². The van der Waals surface area contributed by atoms with Gasteiger partial charge in [-0.25, -0.2) is 0 Å². The van der Waals surface area contributed by atoms with E-state index < -0.39 is 0 Å². The summed E-state index contributed by atoms with van der Waals surface area (Å²) in [4.78, 5) is 2.40. The molecule has 0 aromatic heterocycles. The highest BCUT2D eigenvalue weighted by Gasteiger charge is 2.29. The Hall–Kier alpha value is -0.150. The molecule has 0 N–H and O–H groups in total. The van der Waals surface area contributed by atoms with Crippen molar-refractivity contribution in [1.29, 1.82) is 0 Å². The fraction of sp³-hybridized carbons (Fsp3) is 1.00. The van der Waals surface area contributed by atoms with E-state index in [0.29, 0.717) is 6.54 Å². The van der Waals surface area contributed by atoms with Crippen LogP contribution in [-0.4, -0.2) is 42.2 Å². The SMILES string of the molecule is C[C@H]1CN(CC2CC2)CCN1F. The maximum Gasteiger partial charge on any atom is 0.0501 e. The molecule has 0 aromatic carbocycles. The smallest absolute Gasteiger partial charge is 0.0501 e. The van der Waals surface area contributed by atoms with E-state index in [9.17, 15) is 4.48 Å². The molecule has 2 fully saturated rings. The molecule has 1 aliphatic carbocycles. The lowest BCUT2D eigenvalue weighted by Crippen LogP contribution is -2.48. The summed E-state index contributed by atoms with van der Waals surface area (Å²) in [6.45, 7) is 5.58. The molecule has 0 aromatic rings. The van der Waals surface area contributed by atoms with E-state index >= 15 is 0 Å². The Bertz CT molecular complexity index is 159. The van der Waals surface area contributed by atoms with E-state index in [0.717, 1.165) is 24.1 Å². The minimum absolute atomic E-state index is 0.0949. The first-order chi connectivity index (χ1) is 5.75. The molecular weight excluding hydrogens is 155 g/mol. The Morgan fingerprint density at radius 3 is 2.67 bits per heavy atom. The van der Waals surface area contributed by atoms with Crippen LogP contribution in [0.3, 0.4) is 0 Å². The van der Waals surface area contributed by atoms with Crippen LogP contribution < -0.4 is 0 Å². The van der Waals surface area contributed by atoms with Crippen LogP contribution in [0.2, 0.25) is 0 Å². The number of rotatable bonds is 2.